The summed E-state index contributed by atoms with van der Waals surface area (Å²) in [5.74, 6) is 2.29. The average Bonchev–Trinajstić information content (AvgIpc) is 3.24. The molecule has 1 fully saturated rings. The van der Waals surface area contributed by atoms with Crippen LogP contribution in [0.15, 0.2) is 18.7 Å². The lowest BCUT2D eigenvalue weighted by Crippen LogP contribution is -2.47. The van der Waals surface area contributed by atoms with Gasteiger partial charge in [0, 0.05) is 43.6 Å². The summed E-state index contributed by atoms with van der Waals surface area (Å²) in [6.45, 7) is 7.87. The third kappa shape index (κ3) is 2.61. The normalized spacial score (nSPS) is 15.8. The van der Waals surface area contributed by atoms with Gasteiger partial charge in [0.25, 0.3) is 0 Å². The number of rotatable bonds is 3. The lowest BCUT2D eigenvalue weighted by Gasteiger charge is -2.35. The van der Waals surface area contributed by atoms with Crippen LogP contribution >= 0.6 is 11.5 Å². The predicted octanol–water partition coefficient (Wildman–Crippen LogP) is 1.43. The van der Waals surface area contributed by atoms with Crippen LogP contribution in [0, 0.1) is 0 Å². The molecule has 1 aliphatic rings. The van der Waals surface area contributed by atoms with E-state index in [1.165, 1.54) is 11.5 Å². The number of anilines is 2. The van der Waals surface area contributed by atoms with Gasteiger partial charge in [0.15, 0.2) is 11.5 Å². The SMILES string of the molecule is CC(C)c1nsc(N2CCN(c3cncc4ncnn34)CC2)n1. The van der Waals surface area contributed by atoms with Crippen LogP contribution in [-0.2, 0) is 0 Å². The first-order valence-electron chi connectivity index (χ1n) is 7.69. The van der Waals surface area contributed by atoms with E-state index in [1.54, 1.807) is 12.5 Å². The van der Waals surface area contributed by atoms with Gasteiger partial charge in [-0.05, 0) is 0 Å². The highest BCUT2D eigenvalue weighted by Gasteiger charge is 2.22. The van der Waals surface area contributed by atoms with Crippen molar-refractivity contribution in [1.29, 1.82) is 0 Å². The van der Waals surface area contributed by atoms with Crippen LogP contribution in [0.1, 0.15) is 25.6 Å². The van der Waals surface area contributed by atoms with Crippen molar-refractivity contribution in [1.82, 2.24) is 28.9 Å². The van der Waals surface area contributed by atoms with Gasteiger partial charge in [0.2, 0.25) is 5.13 Å². The van der Waals surface area contributed by atoms with E-state index in [1.807, 2.05) is 10.7 Å². The van der Waals surface area contributed by atoms with Crippen LogP contribution in [0.2, 0.25) is 0 Å². The Kier molecular flexibility index (Phi) is 3.56. The van der Waals surface area contributed by atoms with Crippen molar-refractivity contribution < 1.29 is 0 Å². The van der Waals surface area contributed by atoms with Gasteiger partial charge in [0.05, 0.1) is 12.4 Å². The van der Waals surface area contributed by atoms with E-state index in [0.29, 0.717) is 5.92 Å². The fraction of sp³-hybridized carbons (Fsp3) is 0.500. The zero-order valence-electron chi connectivity index (χ0n) is 13.1. The maximum Gasteiger partial charge on any atom is 0.205 e. The Hall–Kier alpha value is -2.29. The Morgan fingerprint density at radius 2 is 1.87 bits per heavy atom. The van der Waals surface area contributed by atoms with Crippen molar-refractivity contribution >= 4 is 28.1 Å². The molecular weight excluding hydrogens is 312 g/mol. The van der Waals surface area contributed by atoms with Crippen LogP contribution < -0.4 is 9.80 Å². The third-order valence-electron chi connectivity index (χ3n) is 3.99. The summed E-state index contributed by atoms with van der Waals surface area (Å²) < 4.78 is 6.28. The van der Waals surface area contributed by atoms with Crippen molar-refractivity contribution in [3.05, 3.63) is 24.5 Å². The molecule has 0 unspecified atom stereocenters. The lowest BCUT2D eigenvalue weighted by atomic mass is 10.2. The van der Waals surface area contributed by atoms with Crippen molar-refractivity contribution in [2.75, 3.05) is 36.0 Å². The van der Waals surface area contributed by atoms with E-state index >= 15 is 0 Å². The van der Waals surface area contributed by atoms with E-state index in [-0.39, 0.29) is 0 Å². The van der Waals surface area contributed by atoms with Gasteiger partial charge >= 0.3 is 0 Å². The van der Waals surface area contributed by atoms with E-state index in [2.05, 4.69) is 48.1 Å². The Balaban J connectivity index is 1.49. The zero-order valence-corrected chi connectivity index (χ0v) is 13.9. The smallest absolute Gasteiger partial charge is 0.205 e. The second-order valence-corrected chi connectivity index (χ2v) is 6.59. The van der Waals surface area contributed by atoms with Crippen LogP contribution in [0.4, 0.5) is 10.9 Å². The second-order valence-electron chi connectivity index (χ2n) is 5.86. The molecule has 8 nitrogen and oxygen atoms in total. The molecule has 0 N–H and O–H groups in total. The first-order chi connectivity index (χ1) is 11.2. The quantitative estimate of drug-likeness (QED) is 0.719. The summed E-state index contributed by atoms with van der Waals surface area (Å²) in [5.41, 5.74) is 0.774. The zero-order chi connectivity index (χ0) is 15.8. The van der Waals surface area contributed by atoms with Gasteiger partial charge in [-0.3, -0.25) is 4.98 Å². The minimum Gasteiger partial charge on any atom is -0.352 e. The number of fused-ring (bicyclic) bond motifs is 1. The molecular formula is C14H18N8S. The molecule has 0 aliphatic carbocycles. The van der Waals surface area contributed by atoms with Gasteiger partial charge < -0.3 is 9.80 Å². The standard InChI is InChI=1S/C14H18N8S/c1-10(2)13-18-14(23-19-13)21-5-3-20(4-6-21)12-8-15-7-11-16-9-17-22(11)12/h7-10H,3-6H2,1-2H3. The Morgan fingerprint density at radius 3 is 2.61 bits per heavy atom. The molecule has 0 amide bonds. The average molecular weight is 330 g/mol. The molecule has 9 heteroatoms. The van der Waals surface area contributed by atoms with E-state index in [0.717, 1.165) is 48.6 Å². The molecule has 4 heterocycles. The number of aromatic nitrogens is 6. The van der Waals surface area contributed by atoms with Gasteiger partial charge in [-0.25, -0.2) is 9.97 Å². The topological polar surface area (TPSA) is 75.3 Å². The summed E-state index contributed by atoms with van der Waals surface area (Å²) in [6.07, 6.45) is 5.13. The first-order valence-corrected chi connectivity index (χ1v) is 8.47. The molecule has 0 bridgehead atoms. The van der Waals surface area contributed by atoms with Crippen LogP contribution in [-0.4, -0.2) is 55.1 Å². The van der Waals surface area contributed by atoms with Gasteiger partial charge in [0.1, 0.15) is 12.2 Å². The van der Waals surface area contributed by atoms with E-state index in [9.17, 15) is 0 Å². The highest BCUT2D eigenvalue weighted by Crippen LogP contribution is 2.24. The highest BCUT2D eigenvalue weighted by atomic mass is 32.1. The first kappa shape index (κ1) is 14.3. The minimum absolute atomic E-state index is 0.372. The Labute approximate surface area is 138 Å². The molecule has 0 spiro atoms. The summed E-state index contributed by atoms with van der Waals surface area (Å²) in [4.78, 5) is 17.7. The molecule has 120 valence electrons. The maximum absolute atomic E-state index is 4.65. The highest BCUT2D eigenvalue weighted by molar-refractivity contribution is 7.09. The van der Waals surface area contributed by atoms with Crippen molar-refractivity contribution in [2.24, 2.45) is 0 Å². The summed E-state index contributed by atoms with van der Waals surface area (Å²) in [7, 11) is 0. The van der Waals surface area contributed by atoms with Crippen molar-refractivity contribution in [3.63, 3.8) is 0 Å². The Morgan fingerprint density at radius 1 is 1.09 bits per heavy atom. The minimum atomic E-state index is 0.372. The molecule has 0 saturated carbocycles. The van der Waals surface area contributed by atoms with Crippen molar-refractivity contribution in [3.8, 4) is 0 Å². The molecule has 1 saturated heterocycles. The molecule has 1 aliphatic heterocycles. The molecule has 4 rings (SSSR count). The second kappa shape index (κ2) is 5.73. The molecule has 23 heavy (non-hydrogen) atoms. The summed E-state index contributed by atoms with van der Waals surface area (Å²) in [6, 6.07) is 0. The van der Waals surface area contributed by atoms with E-state index in [4.69, 9.17) is 0 Å². The predicted molar refractivity (Wildman–Crippen MR) is 89.2 cm³/mol. The number of piperazine rings is 1. The van der Waals surface area contributed by atoms with Gasteiger partial charge in [-0.15, -0.1) is 0 Å². The van der Waals surface area contributed by atoms with Crippen LogP contribution in [0.5, 0.6) is 0 Å². The Bertz CT molecular complexity index is 802. The third-order valence-corrected chi connectivity index (χ3v) is 4.78. The monoisotopic (exact) mass is 330 g/mol. The molecule has 0 aromatic carbocycles. The molecule has 3 aromatic heterocycles. The summed E-state index contributed by atoms with van der Waals surface area (Å²) in [5, 5.41) is 5.30. The van der Waals surface area contributed by atoms with Gasteiger partial charge in [-0.1, -0.05) is 13.8 Å². The summed E-state index contributed by atoms with van der Waals surface area (Å²) >= 11 is 1.49. The van der Waals surface area contributed by atoms with Crippen LogP contribution in [0.3, 0.4) is 0 Å². The number of nitrogens with zero attached hydrogens (tertiary/aromatic N) is 8. The maximum atomic E-state index is 4.65. The fourth-order valence-electron chi connectivity index (χ4n) is 2.67. The largest absolute Gasteiger partial charge is 0.352 e. The van der Waals surface area contributed by atoms with Crippen molar-refractivity contribution in [2.45, 2.75) is 19.8 Å². The molecule has 0 radical (unpaired) electrons. The molecule has 3 aromatic rings. The molecule has 0 atom stereocenters. The van der Waals surface area contributed by atoms with Gasteiger partial charge in [-0.2, -0.15) is 14.0 Å². The number of hydrogen-bond donors (Lipinski definition) is 0. The fourth-order valence-corrected chi connectivity index (χ4v) is 3.53. The lowest BCUT2D eigenvalue weighted by molar-refractivity contribution is 0.635. The van der Waals surface area contributed by atoms with E-state index < -0.39 is 0 Å². The number of hydrogen-bond acceptors (Lipinski definition) is 8. The van der Waals surface area contributed by atoms with Crippen LogP contribution in [0.25, 0.3) is 5.65 Å².